The predicted octanol–water partition coefficient (Wildman–Crippen LogP) is 3.54. The minimum atomic E-state index is -0.392. The fraction of sp³-hybridized carbons (Fsp3) is 0.294. The normalized spacial score (nSPS) is 10.2. The molecule has 2 rings (SSSR count). The number of nitrogens with zero attached hydrogens (tertiary/aromatic N) is 1. The largest absolute Gasteiger partial charge is 0.493 e. The quantitative estimate of drug-likeness (QED) is 0.617. The van der Waals surface area contributed by atoms with Crippen molar-refractivity contribution in [2.24, 2.45) is 0 Å². The minimum absolute atomic E-state index is 0.101. The molecule has 2 aromatic rings. The first-order chi connectivity index (χ1) is 11.5. The van der Waals surface area contributed by atoms with Gasteiger partial charge in [0.2, 0.25) is 5.75 Å². The summed E-state index contributed by atoms with van der Waals surface area (Å²) in [6, 6.07) is 8.60. The van der Waals surface area contributed by atoms with Gasteiger partial charge in [0.15, 0.2) is 11.5 Å². The summed E-state index contributed by atoms with van der Waals surface area (Å²) in [7, 11) is 4.68. The molecular weight excluding hydrogens is 312 g/mol. The molecule has 1 N–H and O–H groups in total. The van der Waals surface area contributed by atoms with E-state index in [4.69, 9.17) is 14.2 Å². The molecule has 0 unspecified atom stereocenters. The average Bonchev–Trinajstić information content (AvgIpc) is 2.58. The van der Waals surface area contributed by atoms with Crippen molar-refractivity contribution in [3.05, 3.63) is 51.6 Å². The van der Waals surface area contributed by atoms with Crippen molar-refractivity contribution >= 4 is 11.4 Å². The Morgan fingerprint density at radius 1 is 1.04 bits per heavy atom. The molecule has 128 valence electrons. The molecule has 0 amide bonds. The van der Waals surface area contributed by atoms with E-state index in [1.54, 1.807) is 46.5 Å². The molecule has 0 fully saturated rings. The van der Waals surface area contributed by atoms with E-state index in [0.717, 1.165) is 11.3 Å². The fourth-order valence-electron chi connectivity index (χ4n) is 2.47. The maximum Gasteiger partial charge on any atom is 0.272 e. The van der Waals surface area contributed by atoms with Crippen molar-refractivity contribution in [2.45, 2.75) is 13.5 Å². The van der Waals surface area contributed by atoms with Gasteiger partial charge in [-0.25, -0.2) is 0 Å². The molecular formula is C17H20N2O5. The first-order valence-corrected chi connectivity index (χ1v) is 7.28. The first-order valence-electron chi connectivity index (χ1n) is 7.28. The van der Waals surface area contributed by atoms with E-state index >= 15 is 0 Å². The molecule has 0 heterocycles. The fourth-order valence-corrected chi connectivity index (χ4v) is 2.47. The zero-order valence-electron chi connectivity index (χ0n) is 14.1. The molecule has 0 atom stereocenters. The van der Waals surface area contributed by atoms with Crippen molar-refractivity contribution in [1.82, 2.24) is 0 Å². The number of hydrogen-bond acceptors (Lipinski definition) is 6. The molecule has 7 nitrogen and oxygen atoms in total. The van der Waals surface area contributed by atoms with Gasteiger partial charge in [0.05, 0.1) is 26.3 Å². The molecule has 0 aliphatic carbocycles. The van der Waals surface area contributed by atoms with E-state index in [-0.39, 0.29) is 5.69 Å². The van der Waals surface area contributed by atoms with Crippen LogP contribution in [-0.4, -0.2) is 26.3 Å². The summed E-state index contributed by atoms with van der Waals surface area (Å²) in [5.41, 5.74) is 2.37. The Labute approximate surface area is 140 Å². The third-order valence-corrected chi connectivity index (χ3v) is 3.66. The third-order valence-electron chi connectivity index (χ3n) is 3.66. The number of nitro benzene ring substituents is 1. The van der Waals surface area contributed by atoms with Crippen LogP contribution in [0.3, 0.4) is 0 Å². The van der Waals surface area contributed by atoms with Crippen LogP contribution in [0.4, 0.5) is 11.4 Å². The van der Waals surface area contributed by atoms with E-state index in [1.165, 1.54) is 6.07 Å². The topological polar surface area (TPSA) is 82.9 Å². The number of aryl methyl sites for hydroxylation is 1. The highest BCUT2D eigenvalue weighted by Crippen LogP contribution is 2.40. The lowest BCUT2D eigenvalue weighted by Gasteiger charge is -2.16. The van der Waals surface area contributed by atoms with E-state index in [2.05, 4.69) is 5.32 Å². The van der Waals surface area contributed by atoms with Crippen LogP contribution in [0.5, 0.6) is 17.2 Å². The number of nitro groups is 1. The van der Waals surface area contributed by atoms with Gasteiger partial charge in [-0.05, 0) is 31.2 Å². The molecule has 0 aromatic heterocycles. The van der Waals surface area contributed by atoms with Gasteiger partial charge in [-0.3, -0.25) is 10.1 Å². The van der Waals surface area contributed by atoms with Crippen LogP contribution >= 0.6 is 0 Å². The number of rotatable bonds is 7. The summed E-state index contributed by atoms with van der Waals surface area (Å²) in [5.74, 6) is 1.70. The van der Waals surface area contributed by atoms with Crippen LogP contribution in [0.2, 0.25) is 0 Å². The van der Waals surface area contributed by atoms with E-state index in [1.807, 2.05) is 6.07 Å². The van der Waals surface area contributed by atoms with E-state index in [0.29, 0.717) is 29.4 Å². The number of anilines is 1. The van der Waals surface area contributed by atoms with Gasteiger partial charge in [0.1, 0.15) is 0 Å². The monoisotopic (exact) mass is 332 g/mol. The molecule has 24 heavy (non-hydrogen) atoms. The van der Waals surface area contributed by atoms with Crippen LogP contribution in [0, 0.1) is 17.0 Å². The van der Waals surface area contributed by atoms with Gasteiger partial charge in [0, 0.05) is 29.4 Å². The van der Waals surface area contributed by atoms with Crippen LogP contribution in [-0.2, 0) is 6.54 Å². The lowest BCUT2D eigenvalue weighted by atomic mass is 10.1. The number of methoxy groups -OCH3 is 3. The molecule has 0 saturated heterocycles. The summed E-state index contributed by atoms with van der Waals surface area (Å²) >= 11 is 0. The van der Waals surface area contributed by atoms with Gasteiger partial charge < -0.3 is 19.5 Å². The van der Waals surface area contributed by atoms with Gasteiger partial charge in [0.25, 0.3) is 5.69 Å². The molecule has 7 heteroatoms. The van der Waals surface area contributed by atoms with Crippen molar-refractivity contribution in [1.29, 1.82) is 0 Å². The maximum atomic E-state index is 10.9. The van der Waals surface area contributed by atoms with Crippen LogP contribution in [0.1, 0.15) is 11.1 Å². The minimum Gasteiger partial charge on any atom is -0.493 e. The third kappa shape index (κ3) is 3.51. The summed E-state index contributed by atoms with van der Waals surface area (Å²) in [4.78, 5) is 10.5. The van der Waals surface area contributed by atoms with Gasteiger partial charge in [-0.1, -0.05) is 0 Å². The SMILES string of the molecule is COc1ccc(CNc2ccc([N+](=O)[O-])c(C)c2)c(OC)c1OC. The van der Waals surface area contributed by atoms with Crippen LogP contribution in [0.25, 0.3) is 0 Å². The summed E-state index contributed by atoms with van der Waals surface area (Å²) < 4.78 is 16.1. The van der Waals surface area contributed by atoms with Crippen molar-refractivity contribution in [3.8, 4) is 17.2 Å². The zero-order valence-corrected chi connectivity index (χ0v) is 14.1. The van der Waals surface area contributed by atoms with E-state index < -0.39 is 4.92 Å². The molecule has 0 aliphatic rings. The zero-order chi connectivity index (χ0) is 17.7. The number of ether oxygens (including phenoxy) is 3. The van der Waals surface area contributed by atoms with E-state index in [9.17, 15) is 10.1 Å². The van der Waals surface area contributed by atoms with Crippen LogP contribution in [0.15, 0.2) is 30.3 Å². The second kappa shape index (κ2) is 7.54. The summed E-state index contributed by atoms with van der Waals surface area (Å²) in [6.45, 7) is 2.18. The smallest absolute Gasteiger partial charge is 0.272 e. The second-order valence-electron chi connectivity index (χ2n) is 5.11. The predicted molar refractivity (Wildman–Crippen MR) is 91.3 cm³/mol. The molecule has 0 aliphatic heterocycles. The molecule has 2 aromatic carbocycles. The number of hydrogen-bond donors (Lipinski definition) is 1. The van der Waals surface area contributed by atoms with Crippen molar-refractivity contribution in [3.63, 3.8) is 0 Å². The molecule has 0 saturated carbocycles. The Kier molecular flexibility index (Phi) is 5.47. The number of nitrogens with one attached hydrogen (secondary N) is 1. The Balaban J connectivity index is 2.23. The standard InChI is InChI=1S/C17H20N2O5/c1-11-9-13(6-7-14(11)19(20)21)18-10-12-5-8-15(22-2)17(24-4)16(12)23-3/h5-9,18H,10H2,1-4H3. The lowest BCUT2D eigenvalue weighted by Crippen LogP contribution is -2.04. The first kappa shape index (κ1) is 17.4. The van der Waals surface area contributed by atoms with Crippen LogP contribution < -0.4 is 19.5 Å². The Morgan fingerprint density at radius 3 is 2.29 bits per heavy atom. The Hall–Kier alpha value is -2.96. The summed E-state index contributed by atoms with van der Waals surface area (Å²) in [6.07, 6.45) is 0. The van der Waals surface area contributed by atoms with Crippen molar-refractivity contribution in [2.75, 3.05) is 26.6 Å². The number of benzene rings is 2. The Morgan fingerprint density at radius 2 is 1.75 bits per heavy atom. The second-order valence-corrected chi connectivity index (χ2v) is 5.11. The average molecular weight is 332 g/mol. The molecule has 0 radical (unpaired) electrons. The molecule has 0 bridgehead atoms. The highest BCUT2D eigenvalue weighted by Gasteiger charge is 2.16. The van der Waals surface area contributed by atoms with Crippen molar-refractivity contribution < 1.29 is 19.1 Å². The highest BCUT2D eigenvalue weighted by molar-refractivity contribution is 5.58. The Bertz CT molecular complexity index is 746. The van der Waals surface area contributed by atoms with Gasteiger partial charge in [-0.2, -0.15) is 0 Å². The lowest BCUT2D eigenvalue weighted by molar-refractivity contribution is -0.385. The van der Waals surface area contributed by atoms with Gasteiger partial charge >= 0.3 is 0 Å². The molecule has 0 spiro atoms. The maximum absolute atomic E-state index is 10.9. The highest BCUT2D eigenvalue weighted by atomic mass is 16.6. The van der Waals surface area contributed by atoms with Gasteiger partial charge in [-0.15, -0.1) is 0 Å². The summed E-state index contributed by atoms with van der Waals surface area (Å²) in [5, 5.41) is 14.1.